The molecule has 0 saturated heterocycles. The molecule has 1 aliphatic carbocycles. The van der Waals surface area contributed by atoms with Crippen molar-refractivity contribution in [1.29, 1.82) is 0 Å². The molecule has 6 nitrogen and oxygen atoms in total. The topological polar surface area (TPSA) is 76.0 Å². The fraction of sp³-hybridized carbons (Fsp3) is 0.450. The third-order valence-electron chi connectivity index (χ3n) is 4.95. The van der Waals surface area contributed by atoms with Gasteiger partial charge >= 0.3 is 0 Å². The largest absolute Gasteiger partial charge is 0.352 e. The van der Waals surface area contributed by atoms with Crippen LogP contribution in [0.2, 0.25) is 0 Å². The summed E-state index contributed by atoms with van der Waals surface area (Å²) in [5.41, 5.74) is 0.501. The van der Waals surface area contributed by atoms with Crippen LogP contribution in [0, 0.1) is 12.7 Å². The van der Waals surface area contributed by atoms with E-state index < -0.39 is 11.9 Å². The lowest BCUT2D eigenvalue weighted by Crippen LogP contribution is -2.44. The van der Waals surface area contributed by atoms with Crippen LogP contribution in [-0.2, 0) is 9.59 Å². The highest BCUT2D eigenvalue weighted by Crippen LogP contribution is 2.21. The minimum atomic E-state index is -0.786. The number of hydrogen-bond acceptors (Lipinski definition) is 3. The molecule has 2 aromatic rings. The van der Waals surface area contributed by atoms with Crippen LogP contribution < -0.4 is 10.6 Å². The van der Waals surface area contributed by atoms with Gasteiger partial charge in [0, 0.05) is 18.4 Å². The molecule has 1 aliphatic rings. The van der Waals surface area contributed by atoms with E-state index in [4.69, 9.17) is 0 Å². The van der Waals surface area contributed by atoms with E-state index in [0.717, 1.165) is 25.7 Å². The number of nitrogens with one attached hydrogen (secondary N) is 2. The highest BCUT2D eigenvalue weighted by atomic mass is 19.1. The number of halogens is 1. The number of aryl methyl sites for hydroxylation is 1. The maximum absolute atomic E-state index is 13.7. The Hall–Kier alpha value is -2.70. The second-order valence-corrected chi connectivity index (χ2v) is 6.96. The Morgan fingerprint density at radius 3 is 2.74 bits per heavy atom. The molecular weight excluding hydrogens is 347 g/mol. The molecule has 144 valence electrons. The van der Waals surface area contributed by atoms with Gasteiger partial charge in [-0.3, -0.25) is 9.59 Å². The molecule has 0 radical (unpaired) electrons. The van der Waals surface area contributed by atoms with Crippen molar-refractivity contribution in [3.8, 4) is 0 Å². The number of nitrogens with zero attached hydrogens (tertiary/aromatic N) is 2. The molecule has 1 unspecified atom stereocenters. The normalized spacial score (nSPS) is 15.9. The number of imidazole rings is 1. The number of carbonyl (C=O) groups excluding carboxylic acids is 2. The average Bonchev–Trinajstić information content (AvgIpc) is 3.07. The lowest BCUT2D eigenvalue weighted by Gasteiger charge is -2.23. The Morgan fingerprint density at radius 1 is 1.30 bits per heavy atom. The molecule has 2 amide bonds. The van der Waals surface area contributed by atoms with E-state index in [-0.39, 0.29) is 24.4 Å². The Morgan fingerprint density at radius 2 is 2.07 bits per heavy atom. The van der Waals surface area contributed by atoms with Crippen molar-refractivity contribution < 1.29 is 14.0 Å². The first-order valence-electron chi connectivity index (χ1n) is 9.36. The third-order valence-corrected chi connectivity index (χ3v) is 4.95. The van der Waals surface area contributed by atoms with Crippen molar-refractivity contribution in [3.63, 3.8) is 0 Å². The summed E-state index contributed by atoms with van der Waals surface area (Å²) in [4.78, 5) is 29.2. The first kappa shape index (κ1) is 19.1. The van der Waals surface area contributed by atoms with Crippen molar-refractivity contribution >= 4 is 11.8 Å². The number of hydrogen-bond donors (Lipinski definition) is 2. The fourth-order valence-corrected chi connectivity index (χ4v) is 3.57. The van der Waals surface area contributed by atoms with E-state index in [0.29, 0.717) is 11.4 Å². The summed E-state index contributed by atoms with van der Waals surface area (Å²) in [7, 11) is 0. The number of carbonyl (C=O) groups is 2. The van der Waals surface area contributed by atoms with Crippen LogP contribution in [-0.4, -0.2) is 34.0 Å². The van der Waals surface area contributed by atoms with Gasteiger partial charge in [-0.1, -0.05) is 31.4 Å². The standard InChI is InChI=1S/C20H25FN4O2/c1-14-22-10-11-25(14)19(15-6-5-7-16(21)12-15)20(27)23-13-18(26)24-17-8-3-2-4-9-17/h5-7,10-12,17,19H,2-4,8-9,13H2,1H3,(H,23,27)(H,24,26). The molecule has 7 heteroatoms. The monoisotopic (exact) mass is 372 g/mol. The van der Waals surface area contributed by atoms with Crippen LogP contribution >= 0.6 is 0 Å². The third kappa shape index (κ3) is 4.93. The van der Waals surface area contributed by atoms with Crippen LogP contribution in [0.5, 0.6) is 0 Å². The molecule has 0 bridgehead atoms. The van der Waals surface area contributed by atoms with Gasteiger partial charge in [0.1, 0.15) is 17.7 Å². The first-order chi connectivity index (χ1) is 13.0. The summed E-state index contributed by atoms with van der Waals surface area (Å²) in [6, 6.07) is 5.31. The van der Waals surface area contributed by atoms with Crippen LogP contribution in [0.15, 0.2) is 36.7 Å². The molecule has 0 spiro atoms. The van der Waals surface area contributed by atoms with Gasteiger partial charge in [-0.05, 0) is 37.5 Å². The molecule has 27 heavy (non-hydrogen) atoms. The summed E-state index contributed by atoms with van der Waals surface area (Å²) in [6.45, 7) is 1.67. The van der Waals surface area contributed by atoms with Gasteiger partial charge in [-0.15, -0.1) is 0 Å². The van der Waals surface area contributed by atoms with Gasteiger partial charge in [0.2, 0.25) is 11.8 Å². The van der Waals surface area contributed by atoms with E-state index in [1.54, 1.807) is 36.0 Å². The second kappa shape index (κ2) is 8.79. The molecule has 3 rings (SSSR count). The summed E-state index contributed by atoms with van der Waals surface area (Å²) in [6.07, 6.45) is 8.69. The zero-order chi connectivity index (χ0) is 19.2. The van der Waals surface area contributed by atoms with Gasteiger partial charge < -0.3 is 15.2 Å². The quantitative estimate of drug-likeness (QED) is 0.818. The van der Waals surface area contributed by atoms with Crippen molar-refractivity contribution in [2.75, 3.05) is 6.54 Å². The van der Waals surface area contributed by atoms with Gasteiger partial charge in [-0.2, -0.15) is 0 Å². The van der Waals surface area contributed by atoms with E-state index in [1.165, 1.54) is 18.6 Å². The number of rotatable bonds is 6. The molecule has 0 aliphatic heterocycles. The van der Waals surface area contributed by atoms with Crippen molar-refractivity contribution in [3.05, 3.63) is 53.9 Å². The molecule has 1 heterocycles. The molecule has 1 fully saturated rings. The summed E-state index contributed by atoms with van der Waals surface area (Å²) >= 11 is 0. The highest BCUT2D eigenvalue weighted by molar-refractivity contribution is 5.88. The van der Waals surface area contributed by atoms with E-state index in [9.17, 15) is 14.0 Å². The van der Waals surface area contributed by atoms with E-state index >= 15 is 0 Å². The van der Waals surface area contributed by atoms with Gasteiger partial charge in [0.05, 0.1) is 6.54 Å². The average molecular weight is 372 g/mol. The van der Waals surface area contributed by atoms with E-state index in [1.807, 2.05) is 0 Å². The number of aromatic nitrogens is 2. The van der Waals surface area contributed by atoms with Crippen molar-refractivity contribution in [2.45, 2.75) is 51.1 Å². The smallest absolute Gasteiger partial charge is 0.248 e. The highest BCUT2D eigenvalue weighted by Gasteiger charge is 2.25. The van der Waals surface area contributed by atoms with Gasteiger partial charge in [0.15, 0.2) is 0 Å². The molecule has 1 saturated carbocycles. The maximum atomic E-state index is 13.7. The Bertz CT molecular complexity index is 799. The van der Waals surface area contributed by atoms with Crippen LogP contribution in [0.4, 0.5) is 4.39 Å². The van der Waals surface area contributed by atoms with E-state index in [2.05, 4.69) is 15.6 Å². The number of amides is 2. The zero-order valence-electron chi connectivity index (χ0n) is 15.5. The first-order valence-corrected chi connectivity index (χ1v) is 9.36. The van der Waals surface area contributed by atoms with Gasteiger partial charge in [0.25, 0.3) is 0 Å². The Balaban J connectivity index is 1.68. The molecule has 2 N–H and O–H groups in total. The molecule has 1 aromatic heterocycles. The number of benzene rings is 1. The SMILES string of the molecule is Cc1nccn1C(C(=O)NCC(=O)NC1CCCCC1)c1cccc(F)c1. The van der Waals surface area contributed by atoms with Crippen LogP contribution in [0.1, 0.15) is 49.5 Å². The van der Waals surface area contributed by atoms with Crippen LogP contribution in [0.3, 0.4) is 0 Å². The van der Waals surface area contributed by atoms with Crippen molar-refractivity contribution in [1.82, 2.24) is 20.2 Å². The van der Waals surface area contributed by atoms with Crippen LogP contribution in [0.25, 0.3) is 0 Å². The maximum Gasteiger partial charge on any atom is 0.248 e. The van der Waals surface area contributed by atoms with Crippen molar-refractivity contribution in [2.24, 2.45) is 0 Å². The lowest BCUT2D eigenvalue weighted by molar-refractivity contribution is -0.127. The Labute approximate surface area is 158 Å². The summed E-state index contributed by atoms with van der Waals surface area (Å²) < 4.78 is 15.4. The minimum absolute atomic E-state index is 0.102. The lowest BCUT2D eigenvalue weighted by atomic mass is 9.95. The molecule has 1 atom stereocenters. The Kier molecular flexibility index (Phi) is 6.21. The minimum Gasteiger partial charge on any atom is -0.352 e. The predicted octanol–water partition coefficient (Wildman–Crippen LogP) is 2.49. The van der Waals surface area contributed by atoms with Gasteiger partial charge in [-0.25, -0.2) is 9.37 Å². The molecule has 1 aromatic carbocycles. The fourth-order valence-electron chi connectivity index (χ4n) is 3.57. The zero-order valence-corrected chi connectivity index (χ0v) is 15.5. The predicted molar refractivity (Wildman–Crippen MR) is 99.5 cm³/mol. The summed E-state index contributed by atoms with van der Waals surface area (Å²) in [5.74, 6) is -0.361. The molecular formula is C20H25FN4O2. The second-order valence-electron chi connectivity index (χ2n) is 6.96. The summed E-state index contributed by atoms with van der Waals surface area (Å²) in [5, 5.41) is 5.66.